The van der Waals surface area contributed by atoms with Crippen LogP contribution in [0.2, 0.25) is 0 Å². The van der Waals surface area contributed by atoms with Gasteiger partial charge in [0.15, 0.2) is 5.13 Å². The first kappa shape index (κ1) is 15.1. The molecule has 0 radical (unpaired) electrons. The van der Waals surface area contributed by atoms with Crippen molar-refractivity contribution in [2.75, 3.05) is 5.32 Å². The van der Waals surface area contributed by atoms with Gasteiger partial charge in [-0.05, 0) is 0 Å². The molecule has 2 aromatic rings. The monoisotopic (exact) mass is 311 g/mol. The predicted octanol–water partition coefficient (Wildman–Crippen LogP) is 3.90. The average molecular weight is 311 g/mol. The SMILES string of the molecule is CCC(=O)Nc1ncc(SCc2ncc(C(C)C)o2)s1. The summed E-state index contributed by atoms with van der Waals surface area (Å²) in [6.45, 7) is 5.96. The van der Waals surface area contributed by atoms with Gasteiger partial charge in [0.1, 0.15) is 5.76 Å². The van der Waals surface area contributed by atoms with E-state index in [1.54, 1.807) is 24.2 Å². The van der Waals surface area contributed by atoms with Gasteiger partial charge in [0.25, 0.3) is 0 Å². The molecular formula is C13H17N3O2S2. The van der Waals surface area contributed by atoms with E-state index in [1.165, 1.54) is 11.3 Å². The normalized spacial score (nSPS) is 11.0. The average Bonchev–Trinajstić information content (AvgIpc) is 3.05. The number of anilines is 1. The summed E-state index contributed by atoms with van der Waals surface area (Å²) < 4.78 is 6.67. The number of carbonyl (C=O) groups excluding carboxylic acids is 1. The highest BCUT2D eigenvalue weighted by molar-refractivity contribution is 8.00. The van der Waals surface area contributed by atoms with Gasteiger partial charge in [0.05, 0.1) is 22.4 Å². The molecule has 0 bridgehead atoms. The van der Waals surface area contributed by atoms with Crippen LogP contribution >= 0.6 is 23.1 Å². The van der Waals surface area contributed by atoms with Crippen molar-refractivity contribution in [2.24, 2.45) is 0 Å². The van der Waals surface area contributed by atoms with Crippen molar-refractivity contribution in [2.45, 2.75) is 43.1 Å². The van der Waals surface area contributed by atoms with Gasteiger partial charge in [-0.15, -0.1) is 11.8 Å². The molecule has 1 amide bonds. The Morgan fingerprint density at radius 2 is 2.25 bits per heavy atom. The number of aromatic nitrogens is 2. The lowest BCUT2D eigenvalue weighted by molar-refractivity contribution is -0.115. The molecule has 0 spiro atoms. The van der Waals surface area contributed by atoms with E-state index in [1.807, 2.05) is 6.92 Å². The molecule has 20 heavy (non-hydrogen) atoms. The Balaban J connectivity index is 1.88. The number of rotatable bonds is 6. The van der Waals surface area contributed by atoms with Crippen LogP contribution in [0.3, 0.4) is 0 Å². The minimum atomic E-state index is -0.0230. The number of nitrogens with one attached hydrogen (secondary N) is 1. The van der Waals surface area contributed by atoms with Crippen LogP contribution in [0.5, 0.6) is 0 Å². The Kier molecular flexibility index (Phi) is 5.19. The molecular weight excluding hydrogens is 294 g/mol. The number of nitrogens with zero attached hydrogens (tertiary/aromatic N) is 2. The predicted molar refractivity (Wildman–Crippen MR) is 81.2 cm³/mol. The zero-order chi connectivity index (χ0) is 14.5. The second-order valence-electron chi connectivity index (χ2n) is 4.49. The zero-order valence-corrected chi connectivity index (χ0v) is 13.3. The van der Waals surface area contributed by atoms with E-state index in [0.717, 1.165) is 9.97 Å². The molecule has 0 aliphatic carbocycles. The van der Waals surface area contributed by atoms with E-state index in [4.69, 9.17) is 4.42 Å². The first-order valence-corrected chi connectivity index (χ1v) is 8.21. The Morgan fingerprint density at radius 1 is 1.45 bits per heavy atom. The van der Waals surface area contributed by atoms with Crippen molar-refractivity contribution in [3.8, 4) is 0 Å². The first-order chi connectivity index (χ1) is 9.58. The molecule has 0 saturated carbocycles. The van der Waals surface area contributed by atoms with Gasteiger partial charge in [-0.2, -0.15) is 0 Å². The van der Waals surface area contributed by atoms with E-state index in [0.29, 0.717) is 29.1 Å². The van der Waals surface area contributed by atoms with E-state index >= 15 is 0 Å². The molecule has 0 fully saturated rings. The fraction of sp³-hybridized carbons (Fsp3) is 0.462. The molecule has 108 valence electrons. The largest absolute Gasteiger partial charge is 0.445 e. The molecule has 0 atom stereocenters. The number of hydrogen-bond acceptors (Lipinski definition) is 6. The molecule has 2 heterocycles. The summed E-state index contributed by atoms with van der Waals surface area (Å²) in [4.78, 5) is 19.7. The summed E-state index contributed by atoms with van der Waals surface area (Å²) in [6, 6.07) is 0. The van der Waals surface area contributed by atoms with Gasteiger partial charge in [0.2, 0.25) is 11.8 Å². The maximum atomic E-state index is 11.3. The number of thiazole rings is 1. The van der Waals surface area contributed by atoms with Crippen LogP contribution in [0.15, 0.2) is 21.0 Å². The fourth-order valence-electron chi connectivity index (χ4n) is 1.38. The topological polar surface area (TPSA) is 68.0 Å². The Hall–Kier alpha value is -1.34. The van der Waals surface area contributed by atoms with Crippen molar-refractivity contribution in [1.29, 1.82) is 0 Å². The first-order valence-electron chi connectivity index (χ1n) is 6.41. The fourth-order valence-corrected chi connectivity index (χ4v) is 3.12. The van der Waals surface area contributed by atoms with Crippen LogP contribution < -0.4 is 5.32 Å². The summed E-state index contributed by atoms with van der Waals surface area (Å²) in [5, 5.41) is 3.38. The third-order valence-corrected chi connectivity index (χ3v) is 4.62. The van der Waals surface area contributed by atoms with Crippen LogP contribution in [0, 0.1) is 0 Å². The van der Waals surface area contributed by atoms with Crippen molar-refractivity contribution in [3.05, 3.63) is 24.0 Å². The molecule has 2 aromatic heterocycles. The maximum Gasteiger partial charge on any atom is 0.225 e. The lowest BCUT2D eigenvalue weighted by Crippen LogP contribution is -2.08. The van der Waals surface area contributed by atoms with Crippen LogP contribution in [-0.2, 0) is 10.5 Å². The highest BCUT2D eigenvalue weighted by atomic mass is 32.2. The zero-order valence-electron chi connectivity index (χ0n) is 11.7. The minimum Gasteiger partial charge on any atom is -0.445 e. The molecule has 0 aliphatic heterocycles. The summed E-state index contributed by atoms with van der Waals surface area (Å²) >= 11 is 3.06. The Bertz CT molecular complexity index is 578. The lowest BCUT2D eigenvalue weighted by atomic mass is 10.2. The highest BCUT2D eigenvalue weighted by Crippen LogP contribution is 2.31. The number of hydrogen-bond donors (Lipinski definition) is 1. The third kappa shape index (κ3) is 4.08. The van der Waals surface area contributed by atoms with Gasteiger partial charge in [-0.1, -0.05) is 32.1 Å². The van der Waals surface area contributed by atoms with Gasteiger partial charge in [-0.3, -0.25) is 4.79 Å². The lowest BCUT2D eigenvalue weighted by Gasteiger charge is -1.97. The van der Waals surface area contributed by atoms with E-state index in [2.05, 4.69) is 29.1 Å². The van der Waals surface area contributed by atoms with Gasteiger partial charge >= 0.3 is 0 Å². The molecule has 5 nitrogen and oxygen atoms in total. The number of amides is 1. The van der Waals surface area contributed by atoms with Crippen LogP contribution in [0.25, 0.3) is 0 Å². The molecule has 0 unspecified atom stereocenters. The van der Waals surface area contributed by atoms with E-state index < -0.39 is 0 Å². The van der Waals surface area contributed by atoms with Crippen molar-refractivity contribution in [1.82, 2.24) is 9.97 Å². The highest BCUT2D eigenvalue weighted by Gasteiger charge is 2.10. The van der Waals surface area contributed by atoms with Crippen molar-refractivity contribution in [3.63, 3.8) is 0 Å². The summed E-state index contributed by atoms with van der Waals surface area (Å²) in [5.41, 5.74) is 0. The van der Waals surface area contributed by atoms with Crippen molar-refractivity contribution < 1.29 is 9.21 Å². The number of carbonyl (C=O) groups is 1. The quantitative estimate of drug-likeness (QED) is 0.820. The molecule has 2 rings (SSSR count). The molecule has 7 heteroatoms. The van der Waals surface area contributed by atoms with Crippen molar-refractivity contribution >= 4 is 34.1 Å². The number of thioether (sulfide) groups is 1. The molecule has 0 saturated heterocycles. The summed E-state index contributed by atoms with van der Waals surface area (Å²) in [5.74, 6) is 2.61. The molecule has 1 N–H and O–H groups in total. The summed E-state index contributed by atoms with van der Waals surface area (Å²) in [7, 11) is 0. The van der Waals surface area contributed by atoms with Crippen LogP contribution in [0.4, 0.5) is 5.13 Å². The van der Waals surface area contributed by atoms with Gasteiger partial charge < -0.3 is 9.73 Å². The molecule has 0 aliphatic rings. The third-order valence-electron chi connectivity index (χ3n) is 2.53. The molecule has 0 aromatic carbocycles. The Morgan fingerprint density at radius 3 is 2.90 bits per heavy atom. The van der Waals surface area contributed by atoms with Gasteiger partial charge in [-0.25, -0.2) is 9.97 Å². The maximum absolute atomic E-state index is 11.3. The van der Waals surface area contributed by atoms with Crippen LogP contribution in [-0.4, -0.2) is 15.9 Å². The number of oxazole rings is 1. The second kappa shape index (κ2) is 6.90. The smallest absolute Gasteiger partial charge is 0.225 e. The Labute approximate surface area is 126 Å². The standard InChI is InChI=1S/C13H17N3O2S2/c1-4-10(17)16-13-15-6-12(20-13)19-7-11-14-5-9(18-11)8(2)3/h5-6,8H,4,7H2,1-3H3,(H,15,16,17). The van der Waals surface area contributed by atoms with E-state index in [9.17, 15) is 4.79 Å². The summed E-state index contributed by atoms with van der Waals surface area (Å²) in [6.07, 6.45) is 3.99. The van der Waals surface area contributed by atoms with Crippen LogP contribution in [0.1, 0.15) is 44.8 Å². The van der Waals surface area contributed by atoms with E-state index in [-0.39, 0.29) is 5.91 Å². The minimum absolute atomic E-state index is 0.0230. The van der Waals surface area contributed by atoms with Gasteiger partial charge in [0, 0.05) is 12.3 Å². The second-order valence-corrected chi connectivity index (χ2v) is 6.79.